The predicted octanol–water partition coefficient (Wildman–Crippen LogP) is 2.66. The maximum absolute atomic E-state index is 11.9. The Morgan fingerprint density at radius 1 is 1.50 bits per heavy atom. The average molecular weight is 310 g/mol. The minimum Gasteiger partial charge on any atom is -0.452 e. The molecule has 4 nitrogen and oxygen atoms in total. The molecule has 2 aromatic heterocycles. The number of aliphatic hydroxyl groups excluding tert-OH is 1. The van der Waals surface area contributed by atoms with Crippen LogP contribution in [0, 0.1) is 11.8 Å². The lowest BCUT2D eigenvalue weighted by Crippen LogP contribution is -2.22. The predicted molar refractivity (Wildman–Crippen MR) is 77.8 cm³/mol. The third-order valence-corrected chi connectivity index (χ3v) is 3.69. The van der Waals surface area contributed by atoms with Crippen molar-refractivity contribution in [2.75, 3.05) is 6.61 Å². The molecule has 0 atom stereocenters. The van der Waals surface area contributed by atoms with Gasteiger partial charge in [0.15, 0.2) is 0 Å². The van der Waals surface area contributed by atoms with Crippen LogP contribution in [0.2, 0.25) is 5.22 Å². The van der Waals surface area contributed by atoms with Crippen LogP contribution in [0.25, 0.3) is 0 Å². The van der Waals surface area contributed by atoms with Gasteiger partial charge in [-0.15, -0.1) is 11.3 Å². The Hall–Kier alpha value is -1.74. The third-order valence-electron chi connectivity index (χ3n) is 2.48. The normalized spacial score (nSPS) is 9.90. The highest BCUT2D eigenvalue weighted by Gasteiger charge is 2.13. The van der Waals surface area contributed by atoms with E-state index in [1.165, 1.54) is 23.7 Å². The van der Waals surface area contributed by atoms with Crippen LogP contribution >= 0.6 is 22.9 Å². The lowest BCUT2D eigenvalue weighted by molar-refractivity contribution is 0.0951. The van der Waals surface area contributed by atoms with Gasteiger partial charge in [-0.1, -0.05) is 11.8 Å². The van der Waals surface area contributed by atoms with Gasteiger partial charge >= 0.3 is 0 Å². The van der Waals surface area contributed by atoms with E-state index in [1.807, 2.05) is 11.4 Å². The second-order valence-corrected chi connectivity index (χ2v) is 5.17. The Kier molecular flexibility index (Phi) is 5.24. The van der Waals surface area contributed by atoms with E-state index in [2.05, 4.69) is 17.2 Å². The number of halogens is 1. The van der Waals surface area contributed by atoms with E-state index in [0.29, 0.717) is 18.5 Å². The monoisotopic (exact) mass is 309 g/mol. The zero-order valence-corrected chi connectivity index (χ0v) is 12.1. The van der Waals surface area contributed by atoms with Crippen LogP contribution in [0.4, 0.5) is 0 Å². The molecule has 0 saturated heterocycles. The molecule has 0 aromatic carbocycles. The zero-order valence-electron chi connectivity index (χ0n) is 10.5. The number of hydrogen-bond acceptors (Lipinski definition) is 4. The van der Waals surface area contributed by atoms with Gasteiger partial charge in [0.05, 0.1) is 25.0 Å². The number of hydrogen-bond donors (Lipinski definition) is 2. The minimum absolute atomic E-state index is 0.0438. The van der Waals surface area contributed by atoms with Crippen molar-refractivity contribution in [3.05, 3.63) is 45.0 Å². The van der Waals surface area contributed by atoms with Crippen molar-refractivity contribution in [1.29, 1.82) is 0 Å². The fourth-order valence-electron chi connectivity index (χ4n) is 1.51. The first-order chi connectivity index (χ1) is 9.72. The highest BCUT2D eigenvalue weighted by atomic mass is 35.5. The second-order valence-electron chi connectivity index (χ2n) is 3.82. The number of nitrogens with one attached hydrogen (secondary N) is 1. The molecular formula is C14H12ClNO3S. The van der Waals surface area contributed by atoms with Gasteiger partial charge in [-0.25, -0.2) is 0 Å². The number of aliphatic hydroxyl groups is 1. The standard InChI is InChI=1S/C14H12ClNO3S/c15-13-11(4-7-19-13)14(18)16-9-12-10(5-8-20-12)3-1-2-6-17/h4-5,7-8,17H,2,6,9H2,(H,16,18). The van der Waals surface area contributed by atoms with Gasteiger partial charge < -0.3 is 14.8 Å². The Bertz CT molecular complexity index is 651. The summed E-state index contributed by atoms with van der Waals surface area (Å²) < 4.78 is 4.87. The first kappa shape index (κ1) is 14.7. The van der Waals surface area contributed by atoms with Crippen molar-refractivity contribution in [3.63, 3.8) is 0 Å². The summed E-state index contributed by atoms with van der Waals surface area (Å²) in [5.41, 5.74) is 1.18. The van der Waals surface area contributed by atoms with Crippen molar-refractivity contribution in [2.24, 2.45) is 0 Å². The molecular weight excluding hydrogens is 298 g/mol. The van der Waals surface area contributed by atoms with Gasteiger partial charge in [0.1, 0.15) is 0 Å². The van der Waals surface area contributed by atoms with Crippen molar-refractivity contribution < 1.29 is 14.3 Å². The lowest BCUT2D eigenvalue weighted by atomic mass is 10.2. The van der Waals surface area contributed by atoms with Crippen LogP contribution in [0.1, 0.15) is 27.2 Å². The molecule has 0 aliphatic rings. The molecule has 0 unspecified atom stereocenters. The van der Waals surface area contributed by atoms with E-state index < -0.39 is 0 Å². The molecule has 0 aliphatic carbocycles. The fourth-order valence-corrected chi connectivity index (χ4v) is 2.48. The molecule has 2 aromatic rings. The number of carbonyl (C=O) groups is 1. The van der Waals surface area contributed by atoms with E-state index >= 15 is 0 Å². The first-order valence-corrected chi connectivity index (χ1v) is 7.15. The van der Waals surface area contributed by atoms with Gasteiger partial charge in [0.25, 0.3) is 5.91 Å². The van der Waals surface area contributed by atoms with Gasteiger partial charge in [-0.2, -0.15) is 0 Å². The van der Waals surface area contributed by atoms with Gasteiger partial charge in [-0.3, -0.25) is 4.79 Å². The SMILES string of the molecule is O=C(NCc1sccc1C#CCCO)c1ccoc1Cl. The molecule has 0 fully saturated rings. The van der Waals surface area contributed by atoms with Crippen LogP contribution in [0.3, 0.4) is 0 Å². The molecule has 0 bridgehead atoms. The Morgan fingerprint density at radius 2 is 2.35 bits per heavy atom. The number of carbonyl (C=O) groups excluding carboxylic acids is 1. The van der Waals surface area contributed by atoms with E-state index in [4.69, 9.17) is 21.1 Å². The van der Waals surface area contributed by atoms with Crippen molar-refractivity contribution in [2.45, 2.75) is 13.0 Å². The Labute approximate surface area is 125 Å². The summed E-state index contributed by atoms with van der Waals surface area (Å²) in [6, 6.07) is 3.41. The quantitative estimate of drug-likeness (QED) is 0.854. The smallest absolute Gasteiger partial charge is 0.256 e. The largest absolute Gasteiger partial charge is 0.452 e. The Morgan fingerprint density at radius 3 is 3.05 bits per heavy atom. The highest BCUT2D eigenvalue weighted by molar-refractivity contribution is 7.10. The van der Waals surface area contributed by atoms with Crippen LogP contribution in [-0.2, 0) is 6.54 Å². The zero-order chi connectivity index (χ0) is 14.4. The molecule has 2 N–H and O–H groups in total. The molecule has 0 spiro atoms. The van der Waals surface area contributed by atoms with Crippen molar-refractivity contribution in [1.82, 2.24) is 5.32 Å². The minimum atomic E-state index is -0.286. The average Bonchev–Trinajstić information content (AvgIpc) is 3.05. The summed E-state index contributed by atoms with van der Waals surface area (Å²) in [6.07, 6.45) is 1.81. The van der Waals surface area contributed by atoms with E-state index in [9.17, 15) is 4.79 Å². The molecule has 2 heterocycles. The van der Waals surface area contributed by atoms with E-state index in [-0.39, 0.29) is 17.7 Å². The topological polar surface area (TPSA) is 62.5 Å². The third kappa shape index (κ3) is 3.64. The van der Waals surface area contributed by atoms with Crippen molar-refractivity contribution >= 4 is 28.8 Å². The van der Waals surface area contributed by atoms with Crippen molar-refractivity contribution in [3.8, 4) is 11.8 Å². The lowest BCUT2D eigenvalue weighted by Gasteiger charge is -2.02. The van der Waals surface area contributed by atoms with Gasteiger partial charge in [0, 0.05) is 16.9 Å². The van der Waals surface area contributed by atoms with Crippen LogP contribution in [0.15, 0.2) is 28.2 Å². The molecule has 104 valence electrons. The molecule has 0 saturated carbocycles. The van der Waals surface area contributed by atoms with Gasteiger partial charge in [0.2, 0.25) is 5.22 Å². The summed E-state index contributed by atoms with van der Waals surface area (Å²) in [5.74, 6) is 5.54. The summed E-state index contributed by atoms with van der Waals surface area (Å²) in [5, 5.41) is 13.5. The number of thiophene rings is 1. The molecule has 2 rings (SSSR count). The maximum atomic E-state index is 11.9. The van der Waals surface area contributed by atoms with Crippen LogP contribution in [0.5, 0.6) is 0 Å². The molecule has 20 heavy (non-hydrogen) atoms. The van der Waals surface area contributed by atoms with E-state index in [0.717, 1.165) is 10.4 Å². The summed E-state index contributed by atoms with van der Waals surface area (Å²) in [6.45, 7) is 0.420. The number of furan rings is 1. The molecule has 1 amide bonds. The molecule has 0 aliphatic heterocycles. The Balaban J connectivity index is 1.98. The van der Waals surface area contributed by atoms with Gasteiger partial charge in [-0.05, 0) is 29.1 Å². The highest BCUT2D eigenvalue weighted by Crippen LogP contribution is 2.18. The second kappa shape index (κ2) is 7.15. The summed E-state index contributed by atoms with van der Waals surface area (Å²) >= 11 is 7.26. The van der Waals surface area contributed by atoms with E-state index in [1.54, 1.807) is 0 Å². The summed E-state index contributed by atoms with van der Waals surface area (Å²) in [4.78, 5) is 12.8. The summed E-state index contributed by atoms with van der Waals surface area (Å²) in [7, 11) is 0. The van der Waals surface area contributed by atoms with Crippen LogP contribution in [-0.4, -0.2) is 17.6 Å². The first-order valence-electron chi connectivity index (χ1n) is 5.89. The number of amides is 1. The molecule has 6 heteroatoms. The number of rotatable bonds is 4. The molecule has 0 radical (unpaired) electrons. The fraction of sp³-hybridized carbons (Fsp3) is 0.214. The maximum Gasteiger partial charge on any atom is 0.256 e. The van der Waals surface area contributed by atoms with Crippen LogP contribution < -0.4 is 5.32 Å².